The van der Waals surface area contributed by atoms with E-state index in [4.69, 9.17) is 14.4 Å². The summed E-state index contributed by atoms with van der Waals surface area (Å²) < 4.78 is 11.0. The standard InChI is InChI=1S/C18H25N3O3/c22-12-13-23-16-8-4-10-21(14-16)11-5-9-17-19-18(20-24-17)15-6-2-1-3-7-15/h1-3,6-7,16,22H,4-5,8-14H2. The first-order valence-corrected chi connectivity index (χ1v) is 8.68. The van der Waals surface area contributed by atoms with Crippen molar-refractivity contribution in [3.05, 3.63) is 36.2 Å². The molecule has 24 heavy (non-hydrogen) atoms. The Kier molecular flexibility index (Phi) is 6.34. The lowest BCUT2D eigenvalue weighted by Gasteiger charge is -2.32. The molecule has 1 aliphatic heterocycles. The number of aliphatic hydroxyl groups excluding tert-OH is 1. The summed E-state index contributed by atoms with van der Waals surface area (Å²) in [6, 6.07) is 9.87. The fourth-order valence-corrected chi connectivity index (χ4v) is 3.09. The minimum absolute atomic E-state index is 0.0947. The number of ether oxygens (including phenoxy) is 1. The van der Waals surface area contributed by atoms with Gasteiger partial charge in [0.05, 0.1) is 19.3 Å². The smallest absolute Gasteiger partial charge is 0.227 e. The molecule has 1 saturated heterocycles. The third-order valence-corrected chi connectivity index (χ3v) is 4.27. The summed E-state index contributed by atoms with van der Waals surface area (Å²) in [5.74, 6) is 1.35. The van der Waals surface area contributed by atoms with E-state index >= 15 is 0 Å². The lowest BCUT2D eigenvalue weighted by Crippen LogP contribution is -2.40. The molecule has 6 heteroatoms. The monoisotopic (exact) mass is 331 g/mol. The number of hydrogen-bond acceptors (Lipinski definition) is 6. The second-order valence-electron chi connectivity index (χ2n) is 6.14. The van der Waals surface area contributed by atoms with Crippen molar-refractivity contribution < 1.29 is 14.4 Å². The van der Waals surface area contributed by atoms with Crippen molar-refractivity contribution in [3.63, 3.8) is 0 Å². The molecule has 1 aliphatic rings. The van der Waals surface area contributed by atoms with Crippen LogP contribution in [0.25, 0.3) is 11.4 Å². The fourth-order valence-electron chi connectivity index (χ4n) is 3.09. The molecule has 1 atom stereocenters. The minimum Gasteiger partial charge on any atom is -0.394 e. The highest BCUT2D eigenvalue weighted by molar-refractivity contribution is 5.53. The first kappa shape index (κ1) is 17.1. The molecule has 130 valence electrons. The van der Waals surface area contributed by atoms with Crippen LogP contribution in [0.1, 0.15) is 25.2 Å². The van der Waals surface area contributed by atoms with Crippen LogP contribution in [0.5, 0.6) is 0 Å². The predicted octanol–water partition coefficient (Wildman–Crippen LogP) is 2.14. The lowest BCUT2D eigenvalue weighted by atomic mass is 10.1. The fraction of sp³-hybridized carbons (Fsp3) is 0.556. The molecule has 1 unspecified atom stereocenters. The molecule has 0 amide bonds. The molecular weight excluding hydrogens is 306 g/mol. The second kappa shape index (κ2) is 8.92. The van der Waals surface area contributed by atoms with Gasteiger partial charge in [0.25, 0.3) is 0 Å². The number of aryl methyl sites for hydroxylation is 1. The Labute approximate surface area is 142 Å². The van der Waals surface area contributed by atoms with E-state index in [0.29, 0.717) is 18.3 Å². The Hall–Kier alpha value is -1.76. The summed E-state index contributed by atoms with van der Waals surface area (Å²) in [6.45, 7) is 3.58. The Balaban J connectivity index is 1.43. The first-order valence-electron chi connectivity index (χ1n) is 8.68. The van der Waals surface area contributed by atoms with Crippen LogP contribution in [-0.4, -0.2) is 59.1 Å². The van der Waals surface area contributed by atoms with Gasteiger partial charge in [-0.15, -0.1) is 0 Å². The van der Waals surface area contributed by atoms with Gasteiger partial charge in [0.1, 0.15) is 0 Å². The van der Waals surface area contributed by atoms with Gasteiger partial charge in [-0.25, -0.2) is 0 Å². The van der Waals surface area contributed by atoms with Crippen LogP contribution in [0.15, 0.2) is 34.9 Å². The van der Waals surface area contributed by atoms with E-state index in [2.05, 4.69) is 15.0 Å². The van der Waals surface area contributed by atoms with Gasteiger partial charge in [-0.1, -0.05) is 35.5 Å². The molecule has 2 aromatic rings. The van der Waals surface area contributed by atoms with E-state index in [0.717, 1.165) is 50.9 Å². The minimum atomic E-state index is 0.0947. The van der Waals surface area contributed by atoms with E-state index in [1.54, 1.807) is 0 Å². The van der Waals surface area contributed by atoms with Crippen molar-refractivity contribution in [3.8, 4) is 11.4 Å². The number of piperidine rings is 1. The molecule has 0 aliphatic carbocycles. The highest BCUT2D eigenvalue weighted by Gasteiger charge is 2.20. The van der Waals surface area contributed by atoms with Crippen LogP contribution in [0, 0.1) is 0 Å². The summed E-state index contributed by atoms with van der Waals surface area (Å²) in [6.07, 6.45) is 4.26. The van der Waals surface area contributed by atoms with E-state index in [1.165, 1.54) is 0 Å². The van der Waals surface area contributed by atoms with Crippen LogP contribution in [0.4, 0.5) is 0 Å². The Morgan fingerprint density at radius 3 is 3.00 bits per heavy atom. The summed E-state index contributed by atoms with van der Waals surface area (Å²) in [7, 11) is 0. The SMILES string of the molecule is OCCOC1CCCN(CCCc2nc(-c3ccccc3)no2)C1. The third-order valence-electron chi connectivity index (χ3n) is 4.27. The average Bonchev–Trinajstić information content (AvgIpc) is 3.10. The molecule has 1 N–H and O–H groups in total. The van der Waals surface area contributed by atoms with Crippen LogP contribution >= 0.6 is 0 Å². The van der Waals surface area contributed by atoms with E-state index in [9.17, 15) is 0 Å². The predicted molar refractivity (Wildman–Crippen MR) is 90.6 cm³/mol. The summed E-state index contributed by atoms with van der Waals surface area (Å²) in [5.41, 5.74) is 0.979. The molecule has 1 fully saturated rings. The van der Waals surface area contributed by atoms with E-state index < -0.39 is 0 Å². The molecule has 2 heterocycles. The molecule has 6 nitrogen and oxygen atoms in total. The van der Waals surface area contributed by atoms with Gasteiger partial charge >= 0.3 is 0 Å². The van der Waals surface area contributed by atoms with Crippen molar-refractivity contribution in [1.29, 1.82) is 0 Å². The maximum Gasteiger partial charge on any atom is 0.227 e. The lowest BCUT2D eigenvalue weighted by molar-refractivity contribution is -0.0146. The Morgan fingerprint density at radius 1 is 1.29 bits per heavy atom. The van der Waals surface area contributed by atoms with Crippen LogP contribution < -0.4 is 0 Å². The zero-order chi connectivity index (χ0) is 16.6. The zero-order valence-corrected chi connectivity index (χ0v) is 13.9. The van der Waals surface area contributed by atoms with Gasteiger partial charge in [0.15, 0.2) is 0 Å². The van der Waals surface area contributed by atoms with E-state index in [1.807, 2.05) is 30.3 Å². The molecule has 0 radical (unpaired) electrons. The van der Waals surface area contributed by atoms with E-state index in [-0.39, 0.29) is 12.7 Å². The zero-order valence-electron chi connectivity index (χ0n) is 13.9. The number of aliphatic hydroxyl groups is 1. The molecule has 0 saturated carbocycles. The summed E-state index contributed by atoms with van der Waals surface area (Å²) >= 11 is 0. The Morgan fingerprint density at radius 2 is 2.17 bits per heavy atom. The van der Waals surface area contributed by atoms with Crippen molar-refractivity contribution in [2.75, 3.05) is 32.8 Å². The van der Waals surface area contributed by atoms with Gasteiger partial charge in [0.2, 0.25) is 11.7 Å². The van der Waals surface area contributed by atoms with Crippen LogP contribution in [0.3, 0.4) is 0 Å². The number of nitrogens with zero attached hydrogens (tertiary/aromatic N) is 3. The quantitative estimate of drug-likeness (QED) is 0.799. The van der Waals surface area contributed by atoms with Gasteiger partial charge in [0, 0.05) is 18.5 Å². The number of likely N-dealkylation sites (tertiary alicyclic amines) is 1. The number of benzene rings is 1. The average molecular weight is 331 g/mol. The van der Waals surface area contributed by atoms with Gasteiger partial charge in [-0.05, 0) is 32.4 Å². The normalized spacial score (nSPS) is 18.8. The molecule has 1 aromatic heterocycles. The van der Waals surface area contributed by atoms with Crippen molar-refractivity contribution in [2.45, 2.75) is 31.8 Å². The Bertz CT molecular complexity index is 603. The van der Waals surface area contributed by atoms with Crippen molar-refractivity contribution in [2.24, 2.45) is 0 Å². The van der Waals surface area contributed by atoms with Gasteiger partial charge < -0.3 is 19.3 Å². The van der Waals surface area contributed by atoms with Crippen molar-refractivity contribution in [1.82, 2.24) is 15.0 Å². The van der Waals surface area contributed by atoms with Gasteiger partial charge in [-0.3, -0.25) is 0 Å². The molecule has 0 bridgehead atoms. The molecule has 0 spiro atoms. The summed E-state index contributed by atoms with van der Waals surface area (Å²) in [4.78, 5) is 6.89. The molecule has 1 aromatic carbocycles. The molecular formula is C18H25N3O3. The van der Waals surface area contributed by atoms with Crippen LogP contribution in [0.2, 0.25) is 0 Å². The third kappa shape index (κ3) is 4.87. The largest absolute Gasteiger partial charge is 0.394 e. The highest BCUT2D eigenvalue weighted by Crippen LogP contribution is 2.16. The number of hydrogen-bond donors (Lipinski definition) is 1. The second-order valence-corrected chi connectivity index (χ2v) is 6.14. The van der Waals surface area contributed by atoms with Crippen molar-refractivity contribution >= 4 is 0 Å². The number of rotatable bonds is 8. The number of aromatic nitrogens is 2. The first-order chi connectivity index (χ1) is 11.8. The van der Waals surface area contributed by atoms with Crippen LogP contribution in [-0.2, 0) is 11.2 Å². The highest BCUT2D eigenvalue weighted by atomic mass is 16.5. The summed E-state index contributed by atoms with van der Waals surface area (Å²) in [5, 5.41) is 12.9. The van der Waals surface area contributed by atoms with Gasteiger partial charge in [-0.2, -0.15) is 4.98 Å². The molecule has 3 rings (SSSR count). The topological polar surface area (TPSA) is 71.6 Å². The maximum atomic E-state index is 8.85. The maximum absolute atomic E-state index is 8.85.